The molecule has 0 saturated carbocycles. The van der Waals surface area contributed by atoms with Crippen molar-refractivity contribution in [3.05, 3.63) is 36.7 Å². The Bertz CT molecular complexity index is 362. The van der Waals surface area contributed by atoms with E-state index in [-0.39, 0.29) is 24.0 Å². The van der Waals surface area contributed by atoms with E-state index in [1.807, 2.05) is 6.08 Å². The van der Waals surface area contributed by atoms with Gasteiger partial charge in [-0.1, -0.05) is 64.9 Å². The normalized spacial score (nSPS) is 10.1. The smallest absolute Gasteiger partial charge is 0.204 e. The average molecular weight is 401 g/mol. The van der Waals surface area contributed by atoms with Crippen molar-refractivity contribution in [3.8, 4) is 0 Å². The summed E-state index contributed by atoms with van der Waals surface area (Å²) in [5.41, 5.74) is 1.23. The molecule has 1 aromatic heterocycles. The van der Waals surface area contributed by atoms with E-state index in [0.29, 0.717) is 0 Å². The fourth-order valence-corrected chi connectivity index (χ4v) is 2.65. The maximum absolute atomic E-state index is 3.87. The van der Waals surface area contributed by atoms with Gasteiger partial charge in [0.2, 0.25) is 5.69 Å². The standard InChI is InChI=1S/C19H32N.HI/c1-3-5-6-7-8-9-10-11-12-14-17-20-18-15-13-16-19(20)4-2;/h4,13,15-16,18H,2-3,5-12,14,17H2,1H3;1H/q+1;/p-1. The molecule has 120 valence electrons. The van der Waals surface area contributed by atoms with Gasteiger partial charge in [-0.3, -0.25) is 0 Å². The highest BCUT2D eigenvalue weighted by atomic mass is 127. The maximum atomic E-state index is 3.87. The second-order valence-corrected chi connectivity index (χ2v) is 5.71. The van der Waals surface area contributed by atoms with E-state index in [2.05, 4.69) is 42.5 Å². The maximum Gasteiger partial charge on any atom is 0.204 e. The third-order valence-corrected chi connectivity index (χ3v) is 3.94. The largest absolute Gasteiger partial charge is 1.00 e. The van der Waals surface area contributed by atoms with Gasteiger partial charge in [0.05, 0.1) is 0 Å². The predicted octanol–water partition coefficient (Wildman–Crippen LogP) is 2.54. The van der Waals surface area contributed by atoms with Crippen LogP contribution < -0.4 is 28.5 Å². The summed E-state index contributed by atoms with van der Waals surface area (Å²) in [5.74, 6) is 0. The highest BCUT2D eigenvalue weighted by molar-refractivity contribution is 5.36. The van der Waals surface area contributed by atoms with Crippen LogP contribution in [0.3, 0.4) is 0 Å². The van der Waals surface area contributed by atoms with Gasteiger partial charge in [-0.2, -0.15) is 4.57 Å². The van der Waals surface area contributed by atoms with Crippen LogP contribution in [0.1, 0.15) is 76.8 Å². The molecule has 0 spiro atoms. The van der Waals surface area contributed by atoms with Gasteiger partial charge in [0, 0.05) is 24.6 Å². The van der Waals surface area contributed by atoms with Crippen molar-refractivity contribution in [3.63, 3.8) is 0 Å². The third kappa shape index (κ3) is 10.0. The van der Waals surface area contributed by atoms with Crippen LogP contribution in [0, 0.1) is 0 Å². The Morgan fingerprint density at radius 3 is 2.05 bits per heavy atom. The Morgan fingerprint density at radius 1 is 0.905 bits per heavy atom. The van der Waals surface area contributed by atoms with Gasteiger partial charge < -0.3 is 24.0 Å². The molecule has 0 aliphatic rings. The first-order valence-electron chi connectivity index (χ1n) is 8.49. The van der Waals surface area contributed by atoms with Crippen LogP contribution in [0.15, 0.2) is 31.0 Å². The number of unbranched alkanes of at least 4 members (excludes halogenated alkanes) is 9. The molecule has 0 amide bonds. The molecule has 0 atom stereocenters. The van der Waals surface area contributed by atoms with Gasteiger partial charge in [-0.15, -0.1) is 0 Å². The zero-order chi connectivity index (χ0) is 14.5. The lowest BCUT2D eigenvalue weighted by Crippen LogP contribution is -3.00. The second kappa shape index (κ2) is 14.6. The Labute approximate surface area is 148 Å². The van der Waals surface area contributed by atoms with Crippen molar-refractivity contribution in [1.29, 1.82) is 0 Å². The van der Waals surface area contributed by atoms with E-state index in [1.165, 1.54) is 69.9 Å². The van der Waals surface area contributed by atoms with Crippen molar-refractivity contribution < 1.29 is 28.5 Å². The molecule has 0 saturated heterocycles. The summed E-state index contributed by atoms with van der Waals surface area (Å²) in [6.45, 7) is 7.27. The summed E-state index contributed by atoms with van der Waals surface area (Å²) in [6.07, 6.45) is 18.1. The Morgan fingerprint density at radius 2 is 1.48 bits per heavy atom. The molecular weight excluding hydrogens is 369 g/mol. The summed E-state index contributed by atoms with van der Waals surface area (Å²) in [4.78, 5) is 0. The molecule has 0 radical (unpaired) electrons. The molecule has 2 heteroatoms. The van der Waals surface area contributed by atoms with Gasteiger partial charge in [-0.25, -0.2) is 0 Å². The van der Waals surface area contributed by atoms with Gasteiger partial charge in [0.25, 0.3) is 0 Å². The minimum atomic E-state index is 0. The van der Waals surface area contributed by atoms with Gasteiger partial charge in [0.15, 0.2) is 6.20 Å². The van der Waals surface area contributed by atoms with Gasteiger partial charge >= 0.3 is 0 Å². The highest BCUT2D eigenvalue weighted by Gasteiger charge is 2.04. The number of aromatic nitrogens is 1. The first-order chi connectivity index (χ1) is 9.88. The van der Waals surface area contributed by atoms with E-state index in [1.54, 1.807) is 0 Å². The minimum absolute atomic E-state index is 0. The quantitative estimate of drug-likeness (QED) is 0.288. The first kappa shape index (κ1) is 20.6. The summed E-state index contributed by atoms with van der Waals surface area (Å²) in [5, 5.41) is 0. The fraction of sp³-hybridized carbons (Fsp3) is 0.632. The summed E-state index contributed by atoms with van der Waals surface area (Å²) in [6, 6.07) is 6.30. The van der Waals surface area contributed by atoms with Crippen molar-refractivity contribution in [2.75, 3.05) is 0 Å². The molecule has 1 rings (SSSR count). The van der Waals surface area contributed by atoms with Crippen LogP contribution in [-0.4, -0.2) is 0 Å². The van der Waals surface area contributed by atoms with E-state index in [4.69, 9.17) is 0 Å². The molecule has 21 heavy (non-hydrogen) atoms. The van der Waals surface area contributed by atoms with Crippen LogP contribution in [0.2, 0.25) is 0 Å². The van der Waals surface area contributed by atoms with Crippen molar-refractivity contribution in [1.82, 2.24) is 0 Å². The molecule has 0 unspecified atom stereocenters. The second-order valence-electron chi connectivity index (χ2n) is 5.71. The van der Waals surface area contributed by atoms with Crippen LogP contribution in [0.25, 0.3) is 6.08 Å². The summed E-state index contributed by atoms with van der Waals surface area (Å²) < 4.78 is 2.30. The number of pyridine rings is 1. The highest BCUT2D eigenvalue weighted by Crippen LogP contribution is 2.10. The Hall–Kier alpha value is -0.380. The molecule has 0 fully saturated rings. The van der Waals surface area contributed by atoms with E-state index >= 15 is 0 Å². The molecule has 1 nitrogen and oxygen atoms in total. The zero-order valence-corrected chi connectivity index (χ0v) is 15.9. The van der Waals surface area contributed by atoms with Crippen LogP contribution in [-0.2, 0) is 6.54 Å². The average Bonchev–Trinajstić information content (AvgIpc) is 2.49. The molecule has 0 aromatic carbocycles. The third-order valence-electron chi connectivity index (χ3n) is 3.94. The molecule has 1 heterocycles. The lowest BCUT2D eigenvalue weighted by atomic mass is 10.1. The molecule has 0 bridgehead atoms. The lowest BCUT2D eigenvalue weighted by molar-refractivity contribution is -0.699. The van der Waals surface area contributed by atoms with Gasteiger partial charge in [0.1, 0.15) is 6.54 Å². The van der Waals surface area contributed by atoms with Crippen LogP contribution in [0.4, 0.5) is 0 Å². The number of halogens is 1. The first-order valence-corrected chi connectivity index (χ1v) is 8.49. The molecule has 0 aliphatic carbocycles. The SMILES string of the molecule is C=Cc1cccc[n+]1CCCCCCCCCCCC.[I-]. The number of hydrogen-bond acceptors (Lipinski definition) is 0. The number of aryl methyl sites for hydroxylation is 1. The van der Waals surface area contributed by atoms with Crippen molar-refractivity contribution >= 4 is 6.08 Å². The Balaban J connectivity index is 0.00000400. The van der Waals surface area contributed by atoms with Crippen molar-refractivity contribution in [2.24, 2.45) is 0 Å². The van der Waals surface area contributed by atoms with Crippen molar-refractivity contribution in [2.45, 2.75) is 77.7 Å². The van der Waals surface area contributed by atoms with Gasteiger partial charge in [-0.05, 0) is 12.5 Å². The monoisotopic (exact) mass is 401 g/mol. The molecule has 1 aromatic rings. The summed E-state index contributed by atoms with van der Waals surface area (Å²) >= 11 is 0. The van der Waals surface area contributed by atoms with E-state index in [0.717, 1.165) is 6.54 Å². The van der Waals surface area contributed by atoms with E-state index < -0.39 is 0 Å². The lowest BCUT2D eigenvalue weighted by Gasteiger charge is -2.02. The summed E-state index contributed by atoms with van der Waals surface area (Å²) in [7, 11) is 0. The van der Waals surface area contributed by atoms with Crippen LogP contribution >= 0.6 is 0 Å². The minimum Gasteiger partial charge on any atom is -1.00 e. The van der Waals surface area contributed by atoms with E-state index in [9.17, 15) is 0 Å². The number of rotatable bonds is 12. The number of hydrogen-bond donors (Lipinski definition) is 0. The number of nitrogens with zero attached hydrogens (tertiary/aromatic N) is 1. The molecule has 0 aliphatic heterocycles. The predicted molar refractivity (Wildman–Crippen MR) is 88.6 cm³/mol. The zero-order valence-electron chi connectivity index (χ0n) is 13.7. The fourth-order valence-electron chi connectivity index (χ4n) is 2.65. The molecule has 0 N–H and O–H groups in total. The molecular formula is C19H32IN. The topological polar surface area (TPSA) is 3.88 Å². The Kier molecular flexibility index (Phi) is 14.3. The van der Waals surface area contributed by atoms with Crippen LogP contribution in [0.5, 0.6) is 0 Å².